The predicted molar refractivity (Wildman–Crippen MR) is 71.0 cm³/mol. The number of benzene rings is 1. The van der Waals surface area contributed by atoms with Gasteiger partial charge in [-0.3, -0.25) is 4.79 Å². The van der Waals surface area contributed by atoms with Gasteiger partial charge in [0.05, 0.1) is 19.6 Å². The Morgan fingerprint density at radius 1 is 1.56 bits per heavy atom. The van der Waals surface area contributed by atoms with Crippen molar-refractivity contribution in [3.63, 3.8) is 0 Å². The number of ether oxygens (including phenoxy) is 1. The molecule has 1 aromatic rings. The maximum Gasteiger partial charge on any atom is 0.226 e. The summed E-state index contributed by atoms with van der Waals surface area (Å²) in [7, 11) is 3.21. The molecular formula is C13H18ClNO3. The van der Waals surface area contributed by atoms with Crippen molar-refractivity contribution in [1.82, 2.24) is 4.90 Å². The summed E-state index contributed by atoms with van der Waals surface area (Å²) in [5.41, 5.74) is 0.743. The van der Waals surface area contributed by atoms with Gasteiger partial charge in [0.25, 0.3) is 0 Å². The molecular weight excluding hydrogens is 254 g/mol. The summed E-state index contributed by atoms with van der Waals surface area (Å²) in [6.45, 7) is 1.95. The van der Waals surface area contributed by atoms with Gasteiger partial charge in [0, 0.05) is 24.2 Å². The third kappa shape index (κ3) is 4.20. The van der Waals surface area contributed by atoms with E-state index in [4.69, 9.17) is 16.3 Å². The van der Waals surface area contributed by atoms with E-state index in [1.165, 1.54) is 4.90 Å². The Balaban J connectivity index is 2.77. The lowest BCUT2D eigenvalue weighted by Crippen LogP contribution is -2.34. The first-order valence-electron chi connectivity index (χ1n) is 5.68. The van der Waals surface area contributed by atoms with Crippen LogP contribution in [0.15, 0.2) is 18.2 Å². The van der Waals surface area contributed by atoms with E-state index in [2.05, 4.69) is 0 Å². The van der Waals surface area contributed by atoms with Crippen molar-refractivity contribution in [2.24, 2.45) is 0 Å². The highest BCUT2D eigenvalue weighted by Gasteiger charge is 2.14. The van der Waals surface area contributed by atoms with Crippen molar-refractivity contribution in [3.8, 4) is 5.75 Å². The number of amides is 1. The smallest absolute Gasteiger partial charge is 0.226 e. The van der Waals surface area contributed by atoms with Crippen LogP contribution < -0.4 is 4.74 Å². The van der Waals surface area contributed by atoms with E-state index < -0.39 is 6.10 Å². The Morgan fingerprint density at radius 2 is 2.22 bits per heavy atom. The SMILES string of the molecule is COc1ccc(Cl)cc1CC(=O)N(C)CC(C)O. The van der Waals surface area contributed by atoms with Gasteiger partial charge >= 0.3 is 0 Å². The number of hydrogen-bond acceptors (Lipinski definition) is 3. The molecule has 18 heavy (non-hydrogen) atoms. The van der Waals surface area contributed by atoms with Gasteiger partial charge in [-0.2, -0.15) is 0 Å². The molecule has 0 aliphatic heterocycles. The summed E-state index contributed by atoms with van der Waals surface area (Å²) in [4.78, 5) is 13.4. The molecule has 0 aliphatic rings. The van der Waals surface area contributed by atoms with Crippen LogP contribution in [0.5, 0.6) is 5.75 Å². The van der Waals surface area contributed by atoms with E-state index in [1.807, 2.05) is 0 Å². The molecule has 100 valence electrons. The lowest BCUT2D eigenvalue weighted by Gasteiger charge is -2.19. The number of nitrogens with zero attached hydrogens (tertiary/aromatic N) is 1. The lowest BCUT2D eigenvalue weighted by molar-refractivity contribution is -0.130. The number of aliphatic hydroxyl groups excluding tert-OH is 1. The van der Waals surface area contributed by atoms with E-state index in [0.717, 1.165) is 5.56 Å². The first-order valence-corrected chi connectivity index (χ1v) is 6.06. The average Bonchev–Trinajstić information content (AvgIpc) is 2.28. The maximum absolute atomic E-state index is 11.9. The average molecular weight is 272 g/mol. The number of aliphatic hydroxyl groups is 1. The minimum atomic E-state index is -0.541. The van der Waals surface area contributed by atoms with Gasteiger partial charge in [0.15, 0.2) is 0 Å². The summed E-state index contributed by atoms with van der Waals surface area (Å²) in [5, 5.41) is 9.81. The van der Waals surface area contributed by atoms with Crippen LogP contribution >= 0.6 is 11.6 Å². The third-order valence-electron chi connectivity index (χ3n) is 2.55. The molecule has 0 fully saturated rings. The van der Waals surface area contributed by atoms with Crippen molar-refractivity contribution in [2.75, 3.05) is 20.7 Å². The van der Waals surface area contributed by atoms with Crippen molar-refractivity contribution < 1.29 is 14.6 Å². The molecule has 1 rings (SSSR count). The fourth-order valence-electron chi connectivity index (χ4n) is 1.68. The zero-order valence-corrected chi connectivity index (χ0v) is 11.6. The Morgan fingerprint density at radius 3 is 2.78 bits per heavy atom. The first-order chi connectivity index (χ1) is 8.43. The van der Waals surface area contributed by atoms with E-state index >= 15 is 0 Å². The molecule has 0 radical (unpaired) electrons. The van der Waals surface area contributed by atoms with Gasteiger partial charge in [-0.25, -0.2) is 0 Å². The Hall–Kier alpha value is -1.26. The summed E-state index contributed by atoms with van der Waals surface area (Å²) in [6.07, 6.45) is -0.340. The number of methoxy groups -OCH3 is 1. The summed E-state index contributed by atoms with van der Waals surface area (Å²) in [5.74, 6) is 0.551. The summed E-state index contributed by atoms with van der Waals surface area (Å²) in [6, 6.07) is 5.17. The minimum Gasteiger partial charge on any atom is -0.496 e. The fourth-order valence-corrected chi connectivity index (χ4v) is 1.88. The van der Waals surface area contributed by atoms with E-state index in [-0.39, 0.29) is 12.3 Å². The Bertz CT molecular complexity index is 421. The van der Waals surface area contributed by atoms with Crippen LogP contribution in [0, 0.1) is 0 Å². The Kier molecular flexibility index (Phi) is 5.44. The van der Waals surface area contributed by atoms with Crippen molar-refractivity contribution >= 4 is 17.5 Å². The largest absolute Gasteiger partial charge is 0.496 e. The molecule has 0 saturated heterocycles. The highest BCUT2D eigenvalue weighted by atomic mass is 35.5. The molecule has 0 bridgehead atoms. The monoisotopic (exact) mass is 271 g/mol. The van der Waals surface area contributed by atoms with Crippen LogP contribution in [0.3, 0.4) is 0 Å². The van der Waals surface area contributed by atoms with Crippen LogP contribution in [-0.2, 0) is 11.2 Å². The van der Waals surface area contributed by atoms with Gasteiger partial charge in [-0.15, -0.1) is 0 Å². The van der Waals surface area contributed by atoms with Crippen LogP contribution in [-0.4, -0.2) is 42.7 Å². The topological polar surface area (TPSA) is 49.8 Å². The molecule has 0 aliphatic carbocycles. The highest BCUT2D eigenvalue weighted by molar-refractivity contribution is 6.30. The predicted octanol–water partition coefficient (Wildman–Crippen LogP) is 1.73. The van der Waals surface area contributed by atoms with E-state index in [1.54, 1.807) is 39.3 Å². The van der Waals surface area contributed by atoms with Gasteiger partial charge < -0.3 is 14.7 Å². The minimum absolute atomic E-state index is 0.0866. The van der Waals surface area contributed by atoms with Crippen LogP contribution in [0.1, 0.15) is 12.5 Å². The molecule has 0 heterocycles. The van der Waals surface area contributed by atoms with E-state index in [0.29, 0.717) is 17.3 Å². The normalized spacial score (nSPS) is 12.1. The Labute approximate surface area is 112 Å². The molecule has 0 saturated carbocycles. The molecule has 1 atom stereocenters. The molecule has 0 spiro atoms. The second kappa shape index (κ2) is 6.61. The molecule has 1 aromatic carbocycles. The molecule has 4 nitrogen and oxygen atoms in total. The van der Waals surface area contributed by atoms with Crippen LogP contribution in [0.4, 0.5) is 0 Å². The van der Waals surface area contributed by atoms with Gasteiger partial charge in [0.1, 0.15) is 5.75 Å². The number of carbonyl (C=O) groups excluding carboxylic acids is 1. The number of halogens is 1. The van der Waals surface area contributed by atoms with Gasteiger partial charge in [-0.1, -0.05) is 11.6 Å². The number of rotatable bonds is 5. The van der Waals surface area contributed by atoms with E-state index in [9.17, 15) is 9.90 Å². The van der Waals surface area contributed by atoms with Crippen molar-refractivity contribution in [2.45, 2.75) is 19.4 Å². The fraction of sp³-hybridized carbons (Fsp3) is 0.462. The number of carbonyl (C=O) groups is 1. The number of likely N-dealkylation sites (N-methyl/N-ethyl adjacent to an activating group) is 1. The third-order valence-corrected chi connectivity index (χ3v) is 2.78. The lowest BCUT2D eigenvalue weighted by atomic mass is 10.1. The van der Waals surface area contributed by atoms with Gasteiger partial charge in [-0.05, 0) is 25.1 Å². The summed E-state index contributed by atoms with van der Waals surface area (Å²) >= 11 is 5.90. The molecule has 1 N–H and O–H groups in total. The quantitative estimate of drug-likeness (QED) is 0.887. The molecule has 1 amide bonds. The van der Waals surface area contributed by atoms with Gasteiger partial charge in [0.2, 0.25) is 5.91 Å². The second-order valence-electron chi connectivity index (χ2n) is 4.26. The maximum atomic E-state index is 11.9. The highest BCUT2D eigenvalue weighted by Crippen LogP contribution is 2.23. The molecule has 1 unspecified atom stereocenters. The molecule has 5 heteroatoms. The molecule has 0 aromatic heterocycles. The van der Waals surface area contributed by atoms with Crippen molar-refractivity contribution in [3.05, 3.63) is 28.8 Å². The summed E-state index contributed by atoms with van der Waals surface area (Å²) < 4.78 is 5.18. The zero-order chi connectivity index (χ0) is 13.7. The number of hydrogen-bond donors (Lipinski definition) is 1. The second-order valence-corrected chi connectivity index (χ2v) is 4.69. The van der Waals surface area contributed by atoms with Crippen LogP contribution in [0.25, 0.3) is 0 Å². The van der Waals surface area contributed by atoms with Crippen molar-refractivity contribution in [1.29, 1.82) is 0 Å². The van der Waals surface area contributed by atoms with Crippen LogP contribution in [0.2, 0.25) is 5.02 Å². The standard InChI is InChI=1S/C13H18ClNO3/c1-9(16)8-15(2)13(17)7-10-6-11(14)4-5-12(10)18-3/h4-6,9,16H,7-8H2,1-3H3. The first kappa shape index (κ1) is 14.8. The zero-order valence-electron chi connectivity index (χ0n) is 10.8.